The number of rotatable bonds is 6. The topological polar surface area (TPSA) is 108 Å². The van der Waals surface area contributed by atoms with Crippen LogP contribution < -0.4 is 11.1 Å². The molecule has 0 atom stereocenters. The van der Waals surface area contributed by atoms with Gasteiger partial charge in [-0.2, -0.15) is 0 Å². The molecule has 1 amide bonds. The second-order valence-electron chi connectivity index (χ2n) is 6.26. The quantitative estimate of drug-likeness (QED) is 0.546. The largest absolute Gasteiger partial charge is 0.477 e. The van der Waals surface area contributed by atoms with E-state index in [1.54, 1.807) is 18.2 Å². The van der Waals surface area contributed by atoms with Crippen LogP contribution >= 0.6 is 0 Å². The van der Waals surface area contributed by atoms with E-state index < -0.39 is 5.97 Å². The van der Waals surface area contributed by atoms with E-state index in [0.717, 1.165) is 10.9 Å². The number of aromatic nitrogens is 1. The third-order valence-corrected chi connectivity index (χ3v) is 4.32. The van der Waals surface area contributed by atoms with Crippen LogP contribution in [0, 0.1) is 6.92 Å². The molecule has 5 N–H and O–H groups in total. The van der Waals surface area contributed by atoms with E-state index in [-0.39, 0.29) is 11.6 Å². The number of aromatic carboxylic acids is 1. The Kier molecular flexibility index (Phi) is 5.04. The van der Waals surface area contributed by atoms with Crippen LogP contribution in [0.5, 0.6) is 0 Å². The van der Waals surface area contributed by atoms with Gasteiger partial charge in [0, 0.05) is 22.2 Å². The summed E-state index contributed by atoms with van der Waals surface area (Å²) < 4.78 is 0. The Bertz CT molecular complexity index is 958. The van der Waals surface area contributed by atoms with Crippen LogP contribution in [0.25, 0.3) is 10.9 Å². The summed E-state index contributed by atoms with van der Waals surface area (Å²) in [6.07, 6.45) is 1.22. The molecule has 0 fully saturated rings. The minimum absolute atomic E-state index is 0.157. The van der Waals surface area contributed by atoms with Crippen LogP contribution in [-0.2, 0) is 6.42 Å². The Balaban J connectivity index is 1.95. The van der Waals surface area contributed by atoms with E-state index in [9.17, 15) is 14.7 Å². The molecule has 1 aromatic heterocycles. The Labute approximate surface area is 151 Å². The van der Waals surface area contributed by atoms with Crippen molar-refractivity contribution in [1.82, 2.24) is 4.98 Å². The first-order valence-corrected chi connectivity index (χ1v) is 8.45. The summed E-state index contributed by atoms with van der Waals surface area (Å²) in [5.41, 5.74) is 9.40. The minimum atomic E-state index is -1.01. The van der Waals surface area contributed by atoms with Crippen LogP contribution in [0.4, 0.5) is 5.69 Å². The molecule has 0 saturated heterocycles. The van der Waals surface area contributed by atoms with Crippen molar-refractivity contribution >= 4 is 28.5 Å². The number of hydrogen-bond donors (Lipinski definition) is 4. The molecule has 0 aliphatic heterocycles. The fraction of sp³-hybridized carbons (Fsp3) is 0.200. The molecule has 0 radical (unpaired) electrons. The molecule has 6 nitrogen and oxygen atoms in total. The summed E-state index contributed by atoms with van der Waals surface area (Å²) in [5.74, 6) is -1.25. The van der Waals surface area contributed by atoms with Crippen molar-refractivity contribution in [1.29, 1.82) is 0 Å². The van der Waals surface area contributed by atoms with Gasteiger partial charge in [0.2, 0.25) is 0 Å². The van der Waals surface area contributed by atoms with Crippen LogP contribution in [0.15, 0.2) is 42.5 Å². The maximum absolute atomic E-state index is 12.6. The number of nitrogens with one attached hydrogen (secondary N) is 2. The standard InChI is InChI=1S/C20H21N3O3/c1-12-4-7-14(8-5-12)22-19(24)13-6-9-17-16(11-13)15(3-2-10-21)18(23-17)20(25)26/h4-9,11,23H,2-3,10,21H2,1H3,(H,22,24)(H,25,26). The molecule has 3 rings (SSSR count). The molecule has 0 bridgehead atoms. The zero-order valence-corrected chi connectivity index (χ0v) is 14.5. The molecule has 26 heavy (non-hydrogen) atoms. The highest BCUT2D eigenvalue weighted by atomic mass is 16.4. The molecule has 2 aromatic carbocycles. The van der Waals surface area contributed by atoms with Crippen molar-refractivity contribution < 1.29 is 14.7 Å². The first kappa shape index (κ1) is 17.7. The molecule has 1 heterocycles. The summed E-state index contributed by atoms with van der Waals surface area (Å²) in [6, 6.07) is 12.7. The summed E-state index contributed by atoms with van der Waals surface area (Å²) in [4.78, 5) is 27.0. The SMILES string of the molecule is Cc1ccc(NC(=O)c2ccc3[nH]c(C(=O)O)c(CCCN)c3c2)cc1. The van der Waals surface area contributed by atoms with E-state index in [1.807, 2.05) is 31.2 Å². The second kappa shape index (κ2) is 7.41. The van der Waals surface area contributed by atoms with Gasteiger partial charge in [0.15, 0.2) is 0 Å². The third-order valence-electron chi connectivity index (χ3n) is 4.32. The zero-order chi connectivity index (χ0) is 18.7. The molecule has 0 saturated carbocycles. The number of carbonyl (C=O) groups excluding carboxylic acids is 1. The van der Waals surface area contributed by atoms with Crippen LogP contribution in [0.1, 0.15) is 38.4 Å². The van der Waals surface area contributed by atoms with Gasteiger partial charge < -0.3 is 21.1 Å². The van der Waals surface area contributed by atoms with E-state index in [4.69, 9.17) is 5.73 Å². The average Bonchev–Trinajstić information content (AvgIpc) is 3.00. The number of hydrogen-bond acceptors (Lipinski definition) is 3. The predicted molar refractivity (Wildman–Crippen MR) is 102 cm³/mol. The lowest BCUT2D eigenvalue weighted by molar-refractivity contribution is 0.0690. The summed E-state index contributed by atoms with van der Waals surface area (Å²) in [7, 11) is 0. The lowest BCUT2D eigenvalue weighted by atomic mass is 10.0. The van der Waals surface area contributed by atoms with Gasteiger partial charge in [0.25, 0.3) is 5.91 Å². The van der Waals surface area contributed by atoms with E-state index >= 15 is 0 Å². The Morgan fingerprint density at radius 2 is 1.88 bits per heavy atom. The Hall–Kier alpha value is -3.12. The van der Waals surface area contributed by atoms with Crippen LogP contribution in [0.2, 0.25) is 0 Å². The zero-order valence-electron chi connectivity index (χ0n) is 14.5. The fourth-order valence-electron chi connectivity index (χ4n) is 2.95. The second-order valence-corrected chi connectivity index (χ2v) is 6.26. The van der Waals surface area contributed by atoms with Gasteiger partial charge in [-0.05, 0) is 62.2 Å². The first-order chi connectivity index (χ1) is 12.5. The van der Waals surface area contributed by atoms with Gasteiger partial charge in [-0.3, -0.25) is 4.79 Å². The number of nitrogens with two attached hydrogens (primary N) is 1. The Morgan fingerprint density at radius 3 is 2.54 bits per heavy atom. The Morgan fingerprint density at radius 1 is 1.15 bits per heavy atom. The van der Waals surface area contributed by atoms with E-state index in [1.165, 1.54) is 0 Å². The van der Waals surface area contributed by atoms with Crippen LogP contribution in [0.3, 0.4) is 0 Å². The number of carbonyl (C=O) groups is 2. The van der Waals surface area contributed by atoms with Crippen molar-refractivity contribution in [2.45, 2.75) is 19.8 Å². The number of H-pyrrole nitrogens is 1. The molecular weight excluding hydrogens is 330 g/mol. The van der Waals surface area contributed by atoms with Gasteiger partial charge >= 0.3 is 5.97 Å². The van der Waals surface area contributed by atoms with Crippen molar-refractivity contribution in [3.05, 3.63) is 64.8 Å². The summed E-state index contributed by atoms with van der Waals surface area (Å²) >= 11 is 0. The molecule has 0 spiro atoms. The fourth-order valence-corrected chi connectivity index (χ4v) is 2.95. The normalized spacial score (nSPS) is 10.8. The number of fused-ring (bicyclic) bond motifs is 1. The highest BCUT2D eigenvalue weighted by Gasteiger charge is 2.18. The van der Waals surface area contributed by atoms with Gasteiger partial charge in [-0.1, -0.05) is 17.7 Å². The maximum atomic E-state index is 12.6. The average molecular weight is 351 g/mol. The predicted octanol–water partition coefficient (Wildman–Crippen LogP) is 3.32. The van der Waals surface area contributed by atoms with E-state index in [0.29, 0.717) is 41.7 Å². The highest BCUT2D eigenvalue weighted by molar-refractivity contribution is 6.07. The van der Waals surface area contributed by atoms with Crippen molar-refractivity contribution in [2.24, 2.45) is 5.73 Å². The highest BCUT2D eigenvalue weighted by Crippen LogP contribution is 2.25. The van der Waals surface area contributed by atoms with Gasteiger partial charge in [-0.25, -0.2) is 4.79 Å². The van der Waals surface area contributed by atoms with E-state index in [2.05, 4.69) is 10.3 Å². The molecular formula is C20H21N3O3. The number of aryl methyl sites for hydroxylation is 2. The van der Waals surface area contributed by atoms with Crippen LogP contribution in [-0.4, -0.2) is 28.5 Å². The number of carboxylic acids is 1. The molecule has 134 valence electrons. The molecule has 3 aromatic rings. The third kappa shape index (κ3) is 3.60. The smallest absolute Gasteiger partial charge is 0.352 e. The first-order valence-electron chi connectivity index (χ1n) is 8.45. The lowest BCUT2D eigenvalue weighted by Gasteiger charge is -2.06. The molecule has 0 aliphatic carbocycles. The van der Waals surface area contributed by atoms with Crippen molar-refractivity contribution in [3.8, 4) is 0 Å². The van der Waals surface area contributed by atoms with Gasteiger partial charge in [0.05, 0.1) is 0 Å². The number of anilines is 1. The number of benzene rings is 2. The molecule has 0 aliphatic rings. The lowest BCUT2D eigenvalue weighted by Crippen LogP contribution is -2.11. The van der Waals surface area contributed by atoms with Gasteiger partial charge in [0.1, 0.15) is 5.69 Å². The number of amides is 1. The van der Waals surface area contributed by atoms with Gasteiger partial charge in [-0.15, -0.1) is 0 Å². The number of carboxylic acid groups (broad SMARTS) is 1. The van der Waals surface area contributed by atoms with Crippen molar-refractivity contribution in [2.75, 3.05) is 11.9 Å². The monoisotopic (exact) mass is 351 g/mol. The minimum Gasteiger partial charge on any atom is -0.477 e. The maximum Gasteiger partial charge on any atom is 0.352 e. The summed E-state index contributed by atoms with van der Waals surface area (Å²) in [6.45, 7) is 2.45. The summed E-state index contributed by atoms with van der Waals surface area (Å²) in [5, 5.41) is 13.0. The molecule has 0 unspecified atom stereocenters. The molecule has 6 heteroatoms. The van der Waals surface area contributed by atoms with Crippen molar-refractivity contribution in [3.63, 3.8) is 0 Å². The number of aromatic amines is 1.